The van der Waals surface area contributed by atoms with E-state index in [4.69, 9.17) is 9.47 Å². The van der Waals surface area contributed by atoms with Crippen molar-refractivity contribution in [3.63, 3.8) is 0 Å². The molecule has 0 bridgehead atoms. The average molecular weight is 316 g/mol. The molecular weight excluding hydrogens is 288 g/mol. The van der Waals surface area contributed by atoms with Gasteiger partial charge in [-0.1, -0.05) is 29.9 Å². The molecule has 4 atom stereocenters. The largest absolute Gasteiger partial charge is 0.458 e. The van der Waals surface area contributed by atoms with Gasteiger partial charge < -0.3 is 9.47 Å². The highest BCUT2D eigenvalue weighted by Crippen LogP contribution is 2.47. The molecule has 0 aromatic rings. The van der Waals surface area contributed by atoms with Crippen molar-refractivity contribution < 1.29 is 14.3 Å². The average Bonchev–Trinajstić information content (AvgIpc) is 3.04. The standard InChI is InChI=1S/C20H28O3/c1-13-7-5-8-14(2)11-17-16(15(3)19(21)22-17)12-18-20(4,23-18)10-6-9-13/h8-9,16-18H,3,5-7,10-12H2,1-2,4H3/t16-,17-,18-,20-/m0/s1. The first-order valence-electron chi connectivity index (χ1n) is 8.78. The number of fused-ring (bicyclic) bond motifs is 2. The number of rotatable bonds is 0. The summed E-state index contributed by atoms with van der Waals surface area (Å²) in [6.45, 7) is 10.5. The van der Waals surface area contributed by atoms with Crippen molar-refractivity contribution in [3.05, 3.63) is 35.5 Å². The second-order valence-corrected chi connectivity index (χ2v) is 7.61. The lowest BCUT2D eigenvalue weighted by molar-refractivity contribution is -0.139. The molecule has 2 saturated heterocycles. The highest BCUT2D eigenvalue weighted by Gasteiger charge is 2.54. The third-order valence-electron chi connectivity index (χ3n) is 5.61. The van der Waals surface area contributed by atoms with Gasteiger partial charge in [-0.2, -0.15) is 0 Å². The van der Waals surface area contributed by atoms with Crippen LogP contribution in [0.4, 0.5) is 0 Å². The van der Waals surface area contributed by atoms with Crippen LogP contribution in [-0.2, 0) is 14.3 Å². The molecule has 2 aliphatic heterocycles. The van der Waals surface area contributed by atoms with Crippen LogP contribution < -0.4 is 0 Å². The Balaban J connectivity index is 1.78. The van der Waals surface area contributed by atoms with Crippen molar-refractivity contribution in [2.24, 2.45) is 5.92 Å². The molecule has 2 fully saturated rings. The van der Waals surface area contributed by atoms with E-state index >= 15 is 0 Å². The molecular formula is C20H28O3. The van der Waals surface area contributed by atoms with E-state index in [1.165, 1.54) is 11.1 Å². The minimum Gasteiger partial charge on any atom is -0.458 e. The molecule has 3 nitrogen and oxygen atoms in total. The van der Waals surface area contributed by atoms with Gasteiger partial charge in [0.2, 0.25) is 0 Å². The SMILES string of the molecule is C=C1C(=O)O[C@H]2CC(C)=CCCC(C)=CCC[C@]3(C)O[C@H]3C[C@@H]12. The number of hydrogen-bond donors (Lipinski definition) is 0. The fraction of sp³-hybridized carbons (Fsp3) is 0.650. The van der Waals surface area contributed by atoms with Gasteiger partial charge in [-0.3, -0.25) is 0 Å². The molecule has 0 spiro atoms. The summed E-state index contributed by atoms with van der Waals surface area (Å²) in [6.07, 6.45) is 10.7. The Morgan fingerprint density at radius 3 is 2.74 bits per heavy atom. The molecule has 3 heteroatoms. The van der Waals surface area contributed by atoms with Gasteiger partial charge in [0.15, 0.2) is 0 Å². The van der Waals surface area contributed by atoms with E-state index in [1.54, 1.807) is 0 Å². The predicted molar refractivity (Wildman–Crippen MR) is 91.0 cm³/mol. The van der Waals surface area contributed by atoms with E-state index in [2.05, 4.69) is 39.5 Å². The Bertz CT molecular complexity index is 571. The molecule has 0 radical (unpaired) electrons. The third kappa shape index (κ3) is 3.60. The van der Waals surface area contributed by atoms with Gasteiger partial charge in [0.05, 0.1) is 11.7 Å². The van der Waals surface area contributed by atoms with Crippen molar-refractivity contribution in [2.75, 3.05) is 0 Å². The molecule has 0 aromatic heterocycles. The van der Waals surface area contributed by atoms with Crippen molar-refractivity contribution >= 4 is 5.97 Å². The normalized spacial score (nSPS) is 38.7. The first-order chi connectivity index (χ1) is 10.9. The Hall–Kier alpha value is -1.35. The number of ether oxygens (including phenoxy) is 2. The maximum absolute atomic E-state index is 11.9. The first kappa shape index (κ1) is 16.5. The lowest BCUT2D eigenvalue weighted by Crippen LogP contribution is -2.21. The zero-order chi connectivity index (χ0) is 16.6. The van der Waals surface area contributed by atoms with Gasteiger partial charge in [-0.05, 0) is 52.9 Å². The van der Waals surface area contributed by atoms with Gasteiger partial charge >= 0.3 is 5.97 Å². The Labute approximate surface area is 139 Å². The maximum Gasteiger partial charge on any atom is 0.334 e. The van der Waals surface area contributed by atoms with Gasteiger partial charge in [0.1, 0.15) is 6.10 Å². The molecule has 0 amide bonds. The van der Waals surface area contributed by atoms with Crippen LogP contribution in [0.1, 0.15) is 59.3 Å². The van der Waals surface area contributed by atoms with Gasteiger partial charge in [0.25, 0.3) is 0 Å². The molecule has 23 heavy (non-hydrogen) atoms. The molecule has 1 aliphatic carbocycles. The first-order valence-corrected chi connectivity index (χ1v) is 8.78. The van der Waals surface area contributed by atoms with Crippen LogP contribution >= 0.6 is 0 Å². The summed E-state index contributed by atoms with van der Waals surface area (Å²) in [5.74, 6) is -0.130. The van der Waals surface area contributed by atoms with Crippen molar-refractivity contribution in [2.45, 2.75) is 77.1 Å². The van der Waals surface area contributed by atoms with Crippen LogP contribution in [0.15, 0.2) is 35.5 Å². The fourth-order valence-electron chi connectivity index (χ4n) is 3.84. The second kappa shape index (κ2) is 6.27. The zero-order valence-electron chi connectivity index (χ0n) is 14.6. The predicted octanol–water partition coefficient (Wildman–Crippen LogP) is 4.49. The summed E-state index contributed by atoms with van der Waals surface area (Å²) in [6, 6.07) is 0. The summed E-state index contributed by atoms with van der Waals surface area (Å²) in [5.41, 5.74) is 3.34. The minimum atomic E-state index is -0.225. The Morgan fingerprint density at radius 1 is 1.22 bits per heavy atom. The fourth-order valence-corrected chi connectivity index (χ4v) is 3.84. The monoisotopic (exact) mass is 316 g/mol. The lowest BCUT2D eigenvalue weighted by atomic mass is 9.85. The van der Waals surface area contributed by atoms with Crippen LogP contribution in [0.5, 0.6) is 0 Å². The number of epoxide rings is 1. The number of carbonyl (C=O) groups excluding carboxylic acids is 1. The summed E-state index contributed by atoms with van der Waals surface area (Å²) < 4.78 is 11.6. The molecule has 3 aliphatic rings. The zero-order valence-corrected chi connectivity index (χ0v) is 14.6. The van der Waals surface area contributed by atoms with Crippen molar-refractivity contribution in [1.82, 2.24) is 0 Å². The summed E-state index contributed by atoms with van der Waals surface area (Å²) >= 11 is 0. The van der Waals surface area contributed by atoms with E-state index in [0.717, 1.165) is 38.5 Å². The lowest BCUT2D eigenvalue weighted by Gasteiger charge is -2.18. The highest BCUT2D eigenvalue weighted by atomic mass is 16.6. The minimum absolute atomic E-state index is 0.0394. The Morgan fingerprint density at radius 2 is 1.96 bits per heavy atom. The number of allylic oxidation sites excluding steroid dienone is 3. The van der Waals surface area contributed by atoms with E-state index in [0.29, 0.717) is 5.57 Å². The van der Waals surface area contributed by atoms with E-state index in [-0.39, 0.29) is 29.7 Å². The van der Waals surface area contributed by atoms with Crippen molar-refractivity contribution in [1.29, 1.82) is 0 Å². The van der Waals surface area contributed by atoms with Crippen molar-refractivity contribution in [3.8, 4) is 0 Å². The molecule has 0 saturated carbocycles. The molecule has 0 aromatic carbocycles. The summed E-state index contributed by atoms with van der Waals surface area (Å²) in [5, 5.41) is 0. The van der Waals surface area contributed by atoms with Gasteiger partial charge in [-0.25, -0.2) is 4.79 Å². The second-order valence-electron chi connectivity index (χ2n) is 7.61. The number of esters is 1. The van der Waals surface area contributed by atoms with Gasteiger partial charge in [-0.15, -0.1) is 0 Å². The third-order valence-corrected chi connectivity index (χ3v) is 5.61. The highest BCUT2D eigenvalue weighted by molar-refractivity contribution is 5.90. The quantitative estimate of drug-likeness (QED) is 0.286. The molecule has 3 rings (SSSR count). The summed E-state index contributed by atoms with van der Waals surface area (Å²) in [7, 11) is 0. The maximum atomic E-state index is 11.9. The molecule has 2 heterocycles. The molecule has 0 N–H and O–H groups in total. The molecule has 0 unspecified atom stereocenters. The summed E-state index contributed by atoms with van der Waals surface area (Å²) in [4.78, 5) is 11.9. The smallest absolute Gasteiger partial charge is 0.334 e. The number of hydrogen-bond acceptors (Lipinski definition) is 3. The Kier molecular flexibility index (Phi) is 4.50. The van der Waals surface area contributed by atoms with Crippen LogP contribution in [0.3, 0.4) is 0 Å². The van der Waals surface area contributed by atoms with Crippen LogP contribution in [0, 0.1) is 5.92 Å². The number of carbonyl (C=O) groups is 1. The van der Waals surface area contributed by atoms with Crippen LogP contribution in [-0.4, -0.2) is 23.8 Å². The topological polar surface area (TPSA) is 38.8 Å². The van der Waals surface area contributed by atoms with Gasteiger partial charge in [0, 0.05) is 17.9 Å². The van der Waals surface area contributed by atoms with E-state index < -0.39 is 0 Å². The molecule has 126 valence electrons. The van der Waals surface area contributed by atoms with E-state index in [9.17, 15) is 4.79 Å². The van der Waals surface area contributed by atoms with E-state index in [1.807, 2.05) is 0 Å². The van der Waals surface area contributed by atoms with Crippen LogP contribution in [0.25, 0.3) is 0 Å². The van der Waals surface area contributed by atoms with Crippen LogP contribution in [0.2, 0.25) is 0 Å².